The molecule has 0 aromatic rings. The highest BCUT2D eigenvalue weighted by Crippen LogP contribution is 2.18. The highest BCUT2D eigenvalue weighted by atomic mass is 16.6. The molecule has 0 rings (SSSR count). The van der Waals surface area contributed by atoms with E-state index in [0.717, 1.165) is 116 Å². The monoisotopic (exact) mass is 1160 g/mol. The lowest BCUT2D eigenvalue weighted by molar-refractivity contribution is -0.167. The molecule has 0 spiro atoms. The molecule has 0 aliphatic rings. The van der Waals surface area contributed by atoms with Crippen LogP contribution in [-0.2, 0) is 28.6 Å². The predicted molar refractivity (Wildman–Crippen MR) is 362 cm³/mol. The molecule has 1 unspecified atom stereocenters. The zero-order valence-corrected chi connectivity index (χ0v) is 54.9. The number of unbranched alkanes of at least 4 members (excludes halogenated alkanes) is 38. The summed E-state index contributed by atoms with van der Waals surface area (Å²) in [6, 6.07) is 0. The Morgan fingerprint density at radius 3 is 0.735 bits per heavy atom. The second kappa shape index (κ2) is 70.8. The second-order valence-corrected chi connectivity index (χ2v) is 23.8. The topological polar surface area (TPSA) is 78.9 Å². The summed E-state index contributed by atoms with van der Waals surface area (Å²) in [5.41, 5.74) is 0. The number of esters is 3. The lowest BCUT2D eigenvalue weighted by atomic mass is 10.0. The summed E-state index contributed by atoms with van der Waals surface area (Å²) in [4.78, 5) is 38.1. The third kappa shape index (κ3) is 69.0. The van der Waals surface area contributed by atoms with Gasteiger partial charge in [-0.3, -0.25) is 14.4 Å². The van der Waals surface area contributed by atoms with Gasteiger partial charge in [0, 0.05) is 19.3 Å². The minimum absolute atomic E-state index is 0.0762. The maximum atomic E-state index is 12.9. The van der Waals surface area contributed by atoms with Crippen LogP contribution in [0.3, 0.4) is 0 Å². The van der Waals surface area contributed by atoms with Gasteiger partial charge in [-0.2, -0.15) is 0 Å². The van der Waals surface area contributed by atoms with Gasteiger partial charge in [0.25, 0.3) is 0 Å². The molecule has 0 aliphatic carbocycles. The second-order valence-electron chi connectivity index (χ2n) is 23.8. The fourth-order valence-corrected chi connectivity index (χ4v) is 10.3. The molecule has 0 amide bonds. The van der Waals surface area contributed by atoms with Crippen LogP contribution in [0.1, 0.15) is 355 Å². The summed E-state index contributed by atoms with van der Waals surface area (Å²) in [6.45, 7) is 6.50. The Hall–Kier alpha value is -3.67. The van der Waals surface area contributed by atoms with E-state index in [-0.39, 0.29) is 31.1 Å². The van der Waals surface area contributed by atoms with Gasteiger partial charge in [0.15, 0.2) is 6.10 Å². The van der Waals surface area contributed by atoms with Gasteiger partial charge in [0.05, 0.1) is 0 Å². The summed E-state index contributed by atoms with van der Waals surface area (Å²) < 4.78 is 16.9. The number of hydrogen-bond acceptors (Lipinski definition) is 6. The Balaban J connectivity index is 4.05. The van der Waals surface area contributed by atoms with Crippen LogP contribution in [0.5, 0.6) is 0 Å². The van der Waals surface area contributed by atoms with Crippen LogP contribution >= 0.6 is 0 Å². The molecule has 0 aromatic heterocycles. The Labute approximate surface area is 515 Å². The fourth-order valence-electron chi connectivity index (χ4n) is 10.3. The molecule has 1 atom stereocenters. The van der Waals surface area contributed by atoms with Gasteiger partial charge in [0.1, 0.15) is 13.2 Å². The van der Waals surface area contributed by atoms with Crippen molar-refractivity contribution in [2.75, 3.05) is 13.2 Å². The molecular weight excluding hydrogens is 1020 g/mol. The molecule has 6 heteroatoms. The molecule has 478 valence electrons. The van der Waals surface area contributed by atoms with E-state index >= 15 is 0 Å². The van der Waals surface area contributed by atoms with E-state index in [1.54, 1.807) is 0 Å². The van der Waals surface area contributed by atoms with E-state index in [1.807, 2.05) is 0 Å². The van der Waals surface area contributed by atoms with Gasteiger partial charge in [-0.05, 0) is 83.5 Å². The number of rotatable bonds is 65. The summed E-state index contributed by atoms with van der Waals surface area (Å²) in [5.74, 6) is -0.879. The van der Waals surface area contributed by atoms with Crippen molar-refractivity contribution in [1.82, 2.24) is 0 Å². The van der Waals surface area contributed by atoms with E-state index in [9.17, 15) is 14.4 Å². The quantitative estimate of drug-likeness (QED) is 0.0261. The SMILES string of the molecule is CC/C=C\C/C=C\C/C=C\C/C=C\C/C=C\C/C=C\C/C=C\C/C=C\CCCCCCCCCCC(=O)OCC(COC(=O)CCCCCCCC)OC(=O)CCCCCCCCCCCCCCCCCCCCCCCCCCCC. The molecular formula is C77H134O6. The van der Waals surface area contributed by atoms with Crippen LogP contribution in [0.15, 0.2) is 97.2 Å². The van der Waals surface area contributed by atoms with Gasteiger partial charge in [-0.1, -0.05) is 349 Å². The van der Waals surface area contributed by atoms with Crippen LogP contribution < -0.4 is 0 Å². The summed E-state index contributed by atoms with van der Waals surface area (Å²) in [5, 5.41) is 0. The van der Waals surface area contributed by atoms with Crippen molar-refractivity contribution in [2.45, 2.75) is 361 Å². The minimum atomic E-state index is -0.777. The van der Waals surface area contributed by atoms with Gasteiger partial charge in [-0.25, -0.2) is 0 Å². The Kier molecular flexibility index (Phi) is 67.7. The lowest BCUT2D eigenvalue weighted by Crippen LogP contribution is -2.30. The summed E-state index contributed by atoms with van der Waals surface area (Å²) in [6.07, 6.45) is 96.2. The van der Waals surface area contributed by atoms with Crippen LogP contribution in [0, 0.1) is 0 Å². The first-order chi connectivity index (χ1) is 41.0. The van der Waals surface area contributed by atoms with E-state index in [1.165, 1.54) is 199 Å². The molecule has 0 aromatic carbocycles. The van der Waals surface area contributed by atoms with Crippen molar-refractivity contribution in [3.63, 3.8) is 0 Å². The first kappa shape index (κ1) is 79.3. The largest absolute Gasteiger partial charge is 0.462 e. The average Bonchev–Trinajstić information content (AvgIpc) is 3.49. The Morgan fingerprint density at radius 1 is 0.253 bits per heavy atom. The maximum absolute atomic E-state index is 12.9. The molecule has 0 fully saturated rings. The molecule has 0 bridgehead atoms. The minimum Gasteiger partial charge on any atom is -0.462 e. The number of hydrogen-bond donors (Lipinski definition) is 0. The number of allylic oxidation sites excluding steroid dienone is 16. The molecule has 0 saturated heterocycles. The molecule has 0 heterocycles. The van der Waals surface area contributed by atoms with Crippen molar-refractivity contribution in [3.8, 4) is 0 Å². The molecule has 0 aliphatic heterocycles. The van der Waals surface area contributed by atoms with Gasteiger partial charge < -0.3 is 14.2 Å². The highest BCUT2D eigenvalue weighted by molar-refractivity contribution is 5.71. The molecule has 0 radical (unpaired) electrons. The third-order valence-corrected chi connectivity index (χ3v) is 15.6. The lowest BCUT2D eigenvalue weighted by Gasteiger charge is -2.18. The molecule has 83 heavy (non-hydrogen) atoms. The van der Waals surface area contributed by atoms with Crippen LogP contribution in [0.4, 0.5) is 0 Å². The van der Waals surface area contributed by atoms with Gasteiger partial charge in [-0.15, -0.1) is 0 Å². The Bertz CT molecular complexity index is 1610. The fraction of sp³-hybridized carbons (Fsp3) is 0.753. The van der Waals surface area contributed by atoms with E-state index in [0.29, 0.717) is 19.3 Å². The zero-order chi connectivity index (χ0) is 59.9. The molecule has 6 nitrogen and oxygen atoms in total. The van der Waals surface area contributed by atoms with Crippen molar-refractivity contribution in [3.05, 3.63) is 97.2 Å². The van der Waals surface area contributed by atoms with E-state index in [2.05, 4.69) is 118 Å². The Morgan fingerprint density at radius 2 is 0.470 bits per heavy atom. The van der Waals surface area contributed by atoms with Crippen LogP contribution in [0.2, 0.25) is 0 Å². The van der Waals surface area contributed by atoms with E-state index in [4.69, 9.17) is 14.2 Å². The van der Waals surface area contributed by atoms with Gasteiger partial charge >= 0.3 is 17.9 Å². The summed E-state index contributed by atoms with van der Waals surface area (Å²) >= 11 is 0. The number of carbonyl (C=O) groups is 3. The maximum Gasteiger partial charge on any atom is 0.306 e. The molecule has 0 N–H and O–H groups in total. The van der Waals surface area contributed by atoms with E-state index < -0.39 is 6.10 Å². The zero-order valence-electron chi connectivity index (χ0n) is 54.9. The summed E-state index contributed by atoms with van der Waals surface area (Å²) in [7, 11) is 0. The van der Waals surface area contributed by atoms with Gasteiger partial charge in [0.2, 0.25) is 0 Å². The average molecular weight is 1160 g/mol. The highest BCUT2D eigenvalue weighted by Gasteiger charge is 2.19. The van der Waals surface area contributed by atoms with Crippen LogP contribution in [-0.4, -0.2) is 37.2 Å². The van der Waals surface area contributed by atoms with Crippen molar-refractivity contribution < 1.29 is 28.6 Å². The van der Waals surface area contributed by atoms with Crippen molar-refractivity contribution in [2.24, 2.45) is 0 Å². The predicted octanol–water partition coefficient (Wildman–Crippen LogP) is 24.8. The van der Waals surface area contributed by atoms with Crippen molar-refractivity contribution >= 4 is 17.9 Å². The third-order valence-electron chi connectivity index (χ3n) is 15.6. The first-order valence-corrected chi connectivity index (χ1v) is 35.7. The number of carbonyl (C=O) groups excluding carboxylic acids is 3. The smallest absolute Gasteiger partial charge is 0.306 e. The molecule has 0 saturated carbocycles. The normalized spacial score (nSPS) is 12.7. The number of ether oxygens (including phenoxy) is 3. The first-order valence-electron chi connectivity index (χ1n) is 35.7. The van der Waals surface area contributed by atoms with Crippen molar-refractivity contribution in [1.29, 1.82) is 0 Å². The van der Waals surface area contributed by atoms with Crippen LogP contribution in [0.25, 0.3) is 0 Å². The standard InChI is InChI=1S/C77H134O6/c1-4-7-10-13-16-18-20-22-24-26-28-30-32-34-36-37-38-39-40-41-42-44-45-47-49-51-53-55-57-59-61-64-67-70-76(79)82-73-74(72-81-75(78)69-66-63-15-12-9-6-3)83-77(80)71-68-65-62-60-58-56-54-52-50-48-46-43-35-33-31-29-27-25-23-21-19-17-14-11-8-5-2/h7,10,16,18,22,24,28,30,34,36,38-39,41-42,45,47,74H,4-6,8-9,11-15,17,19-21,23,25-27,29,31-33,35,37,40,43-44,46,48-73H2,1-3H3/b10-7-,18-16-,24-22-,30-28-,36-34-,39-38-,42-41-,47-45-.